The van der Waals surface area contributed by atoms with Crippen LogP contribution in [0.25, 0.3) is 11.1 Å². The first-order valence-corrected chi connectivity index (χ1v) is 8.62. The average Bonchev–Trinajstić information content (AvgIpc) is 2.52. The molecule has 128 valence electrons. The molecule has 0 saturated carbocycles. The highest BCUT2D eigenvalue weighted by atomic mass is 35.5. The molecule has 24 heavy (non-hydrogen) atoms. The number of halogens is 1. The number of pyridine rings is 1. The molecule has 2 N–H and O–H groups in total. The van der Waals surface area contributed by atoms with E-state index < -0.39 is 0 Å². The van der Waals surface area contributed by atoms with Crippen molar-refractivity contribution in [2.45, 2.75) is 39.8 Å². The summed E-state index contributed by atoms with van der Waals surface area (Å²) in [5.74, 6) is 1.94. The molecular weight excluding hydrogens is 324 g/mol. The molecule has 3 rings (SSSR count). The minimum Gasteiger partial charge on any atom is -0.490 e. The van der Waals surface area contributed by atoms with E-state index in [0.29, 0.717) is 29.9 Å². The fourth-order valence-corrected chi connectivity index (χ4v) is 3.17. The Morgan fingerprint density at radius 2 is 2.08 bits per heavy atom. The van der Waals surface area contributed by atoms with E-state index in [0.717, 1.165) is 34.6 Å². The number of nitrogens with zero attached hydrogens (tertiary/aromatic N) is 1. The van der Waals surface area contributed by atoms with E-state index in [1.54, 1.807) is 0 Å². The Hall–Kier alpha value is -1.78. The van der Waals surface area contributed by atoms with Crippen LogP contribution in [0.15, 0.2) is 24.4 Å². The van der Waals surface area contributed by atoms with Crippen molar-refractivity contribution in [3.8, 4) is 22.6 Å². The molecule has 0 radical (unpaired) electrons. The first kappa shape index (κ1) is 17.1. The number of nitrogens with two attached hydrogens (primary N) is 1. The van der Waals surface area contributed by atoms with E-state index in [1.807, 2.05) is 25.3 Å². The largest absolute Gasteiger partial charge is 0.490 e. The number of hydrogen-bond acceptors (Lipinski definition) is 4. The van der Waals surface area contributed by atoms with Crippen LogP contribution in [0.5, 0.6) is 11.5 Å². The maximum Gasteiger partial charge on any atom is 0.141 e. The van der Waals surface area contributed by atoms with Crippen LogP contribution in [0.2, 0.25) is 5.02 Å². The predicted molar refractivity (Wildman–Crippen MR) is 96.7 cm³/mol. The molecule has 1 aliphatic heterocycles. The Balaban J connectivity index is 1.84. The number of fused-ring (bicyclic) bond motifs is 3. The lowest BCUT2D eigenvalue weighted by Crippen LogP contribution is -2.29. The standard InChI is InChI=1S/C19H23ClN2O2/c1-11(2)4-14(21)10-24-19-7-18-16(6-17(19)20)15-5-12(3)22-8-13(15)9-23-18/h5-8,11,14H,4,9-10,21H2,1-3H3/t14-/m0/s1. The third-order valence-corrected chi connectivity index (χ3v) is 4.35. The van der Waals surface area contributed by atoms with Crippen molar-refractivity contribution in [3.63, 3.8) is 0 Å². The van der Waals surface area contributed by atoms with Crippen LogP contribution < -0.4 is 15.2 Å². The molecule has 4 nitrogen and oxygen atoms in total. The van der Waals surface area contributed by atoms with Gasteiger partial charge < -0.3 is 15.2 Å². The van der Waals surface area contributed by atoms with Crippen molar-refractivity contribution in [3.05, 3.63) is 40.7 Å². The second-order valence-electron chi connectivity index (χ2n) is 6.75. The lowest BCUT2D eigenvalue weighted by molar-refractivity contribution is 0.266. The zero-order chi connectivity index (χ0) is 17.3. The summed E-state index contributed by atoms with van der Waals surface area (Å²) in [5.41, 5.74) is 10.2. The summed E-state index contributed by atoms with van der Waals surface area (Å²) in [5, 5.41) is 0.566. The van der Waals surface area contributed by atoms with E-state index in [9.17, 15) is 0 Å². The Morgan fingerprint density at radius 1 is 1.29 bits per heavy atom. The van der Waals surface area contributed by atoms with Gasteiger partial charge in [0.15, 0.2) is 0 Å². The van der Waals surface area contributed by atoms with Crippen molar-refractivity contribution >= 4 is 11.6 Å². The highest BCUT2D eigenvalue weighted by Crippen LogP contribution is 2.43. The molecular formula is C19H23ClN2O2. The van der Waals surface area contributed by atoms with Crippen LogP contribution in [-0.2, 0) is 6.61 Å². The SMILES string of the molecule is Cc1cc2c(cn1)COc1cc(OC[C@@H](N)CC(C)C)c(Cl)cc1-2. The van der Waals surface area contributed by atoms with Gasteiger partial charge in [-0.2, -0.15) is 0 Å². The lowest BCUT2D eigenvalue weighted by atomic mass is 9.98. The highest BCUT2D eigenvalue weighted by Gasteiger charge is 2.21. The van der Waals surface area contributed by atoms with Crippen molar-refractivity contribution in [2.24, 2.45) is 11.7 Å². The molecule has 0 spiro atoms. The van der Waals surface area contributed by atoms with E-state index in [4.69, 9.17) is 26.8 Å². The number of hydrogen-bond donors (Lipinski definition) is 1. The first-order valence-electron chi connectivity index (χ1n) is 8.24. The molecule has 0 fully saturated rings. The number of rotatable bonds is 5. The monoisotopic (exact) mass is 346 g/mol. The van der Waals surface area contributed by atoms with E-state index >= 15 is 0 Å². The number of ether oxygens (including phenoxy) is 2. The van der Waals surface area contributed by atoms with Gasteiger partial charge in [-0.3, -0.25) is 4.98 Å². The molecule has 2 aromatic rings. The average molecular weight is 347 g/mol. The van der Waals surface area contributed by atoms with Crippen LogP contribution in [0.1, 0.15) is 31.5 Å². The number of aromatic nitrogens is 1. The quantitative estimate of drug-likeness (QED) is 0.874. The van der Waals surface area contributed by atoms with Gasteiger partial charge in [-0.15, -0.1) is 0 Å². The van der Waals surface area contributed by atoms with Crippen LogP contribution in [0.3, 0.4) is 0 Å². The minimum absolute atomic E-state index is 0.00697. The van der Waals surface area contributed by atoms with Crippen molar-refractivity contribution in [1.82, 2.24) is 4.98 Å². The second-order valence-corrected chi connectivity index (χ2v) is 7.16. The Morgan fingerprint density at radius 3 is 2.83 bits per heavy atom. The minimum atomic E-state index is -0.00697. The van der Waals surface area contributed by atoms with Gasteiger partial charge in [0.2, 0.25) is 0 Å². The maximum absolute atomic E-state index is 6.42. The van der Waals surface area contributed by atoms with Crippen molar-refractivity contribution < 1.29 is 9.47 Å². The molecule has 1 aromatic heterocycles. The summed E-state index contributed by atoms with van der Waals surface area (Å²) in [4.78, 5) is 4.33. The normalized spacial score (nSPS) is 13.9. The third-order valence-electron chi connectivity index (χ3n) is 4.06. The zero-order valence-corrected chi connectivity index (χ0v) is 15.1. The zero-order valence-electron chi connectivity index (χ0n) is 14.3. The van der Waals surface area contributed by atoms with Crippen molar-refractivity contribution in [1.29, 1.82) is 0 Å². The fraction of sp³-hybridized carbons (Fsp3) is 0.421. The van der Waals surface area contributed by atoms with Gasteiger partial charge in [0, 0.05) is 35.1 Å². The molecule has 1 aromatic carbocycles. The first-order chi connectivity index (χ1) is 11.4. The Labute approximate surface area is 147 Å². The van der Waals surface area contributed by atoms with E-state index in [-0.39, 0.29) is 6.04 Å². The topological polar surface area (TPSA) is 57.4 Å². The van der Waals surface area contributed by atoms with Gasteiger partial charge in [0.25, 0.3) is 0 Å². The molecule has 0 saturated heterocycles. The van der Waals surface area contributed by atoms with Gasteiger partial charge >= 0.3 is 0 Å². The van der Waals surface area contributed by atoms with E-state index in [1.165, 1.54) is 0 Å². The molecule has 0 unspecified atom stereocenters. The predicted octanol–water partition coefficient (Wildman–Crippen LogP) is 4.36. The van der Waals surface area contributed by atoms with E-state index in [2.05, 4.69) is 24.9 Å². The summed E-state index contributed by atoms with van der Waals surface area (Å²) in [6, 6.07) is 5.81. The molecule has 2 heterocycles. The Bertz CT molecular complexity index is 746. The summed E-state index contributed by atoms with van der Waals surface area (Å²) in [7, 11) is 0. The molecule has 5 heteroatoms. The molecule has 0 aliphatic carbocycles. The summed E-state index contributed by atoms with van der Waals surface area (Å²) < 4.78 is 11.7. The molecule has 0 amide bonds. The number of aryl methyl sites for hydroxylation is 1. The molecule has 1 atom stereocenters. The van der Waals surface area contributed by atoms with Crippen LogP contribution in [0.4, 0.5) is 0 Å². The fourth-order valence-electron chi connectivity index (χ4n) is 2.95. The van der Waals surface area contributed by atoms with Gasteiger partial charge in [-0.25, -0.2) is 0 Å². The van der Waals surface area contributed by atoms with Crippen LogP contribution in [0, 0.1) is 12.8 Å². The smallest absolute Gasteiger partial charge is 0.141 e. The van der Waals surface area contributed by atoms with Crippen LogP contribution >= 0.6 is 11.6 Å². The van der Waals surface area contributed by atoms with Gasteiger partial charge in [0.05, 0.1) is 5.02 Å². The van der Waals surface area contributed by atoms with Crippen LogP contribution in [-0.4, -0.2) is 17.6 Å². The lowest BCUT2D eigenvalue weighted by Gasteiger charge is -2.23. The van der Waals surface area contributed by atoms with Crippen molar-refractivity contribution in [2.75, 3.05) is 6.61 Å². The highest BCUT2D eigenvalue weighted by molar-refractivity contribution is 6.32. The van der Waals surface area contributed by atoms with Gasteiger partial charge in [0.1, 0.15) is 24.7 Å². The Kier molecular flexibility index (Phi) is 4.97. The number of benzene rings is 1. The summed E-state index contributed by atoms with van der Waals surface area (Å²) >= 11 is 6.42. The second kappa shape index (κ2) is 6.99. The summed E-state index contributed by atoms with van der Waals surface area (Å²) in [6.07, 6.45) is 2.77. The van der Waals surface area contributed by atoms with Gasteiger partial charge in [-0.05, 0) is 37.0 Å². The van der Waals surface area contributed by atoms with Gasteiger partial charge in [-0.1, -0.05) is 25.4 Å². The molecule has 0 bridgehead atoms. The maximum atomic E-state index is 6.42. The summed E-state index contributed by atoms with van der Waals surface area (Å²) in [6.45, 7) is 7.21. The third kappa shape index (κ3) is 3.65. The molecule has 1 aliphatic rings.